The normalized spacial score (nSPS) is 11.5. The second-order valence-corrected chi connectivity index (χ2v) is 5.46. The lowest BCUT2D eigenvalue weighted by molar-refractivity contribution is 0.268. The fourth-order valence-corrected chi connectivity index (χ4v) is 2.44. The van der Waals surface area contributed by atoms with Crippen LogP contribution in [0.1, 0.15) is 43.7 Å². The molecule has 0 spiro atoms. The number of unbranched alkanes of at least 4 members (excludes halogenated alkanes) is 3. The third-order valence-corrected chi connectivity index (χ3v) is 3.68. The Hall–Kier alpha value is -2.53. The molecule has 0 N–H and O–H groups in total. The first kappa shape index (κ1) is 16.8. The molecule has 0 amide bonds. The molecule has 0 saturated heterocycles. The summed E-state index contributed by atoms with van der Waals surface area (Å²) in [5, 5.41) is 9.66. The third kappa shape index (κ3) is 5.00. The molecule has 0 heterocycles. The molecule has 118 valence electrons. The third-order valence-electron chi connectivity index (χ3n) is 3.68. The molecular weight excluding hydrogens is 282 g/mol. The lowest BCUT2D eigenvalue weighted by Crippen LogP contribution is -1.99. The maximum atomic E-state index is 9.66. The van der Waals surface area contributed by atoms with Crippen molar-refractivity contribution in [1.29, 1.82) is 5.26 Å². The van der Waals surface area contributed by atoms with E-state index in [1.165, 1.54) is 12.8 Å². The zero-order valence-corrected chi connectivity index (χ0v) is 13.7. The number of nitrogens with zero attached hydrogens (tertiary/aromatic N) is 1. The summed E-state index contributed by atoms with van der Waals surface area (Å²) in [6, 6.07) is 21.9. The van der Waals surface area contributed by atoms with E-state index in [1.807, 2.05) is 60.7 Å². The van der Waals surface area contributed by atoms with Crippen molar-refractivity contribution < 1.29 is 4.74 Å². The summed E-state index contributed by atoms with van der Waals surface area (Å²) in [4.78, 5) is 0. The fraction of sp³-hybridized carbons (Fsp3) is 0.286. The van der Waals surface area contributed by atoms with E-state index < -0.39 is 0 Å². The van der Waals surface area contributed by atoms with Gasteiger partial charge in [0.25, 0.3) is 0 Å². The van der Waals surface area contributed by atoms with Crippen molar-refractivity contribution in [2.24, 2.45) is 0 Å². The summed E-state index contributed by atoms with van der Waals surface area (Å²) >= 11 is 0. The topological polar surface area (TPSA) is 33.0 Å². The summed E-state index contributed by atoms with van der Waals surface area (Å²) in [6.07, 6.45) is 4.59. The molecule has 0 aliphatic carbocycles. The van der Waals surface area contributed by atoms with E-state index in [0.29, 0.717) is 17.9 Å². The molecule has 2 nitrogen and oxygen atoms in total. The minimum atomic E-state index is 0.590. The Labute approximate surface area is 139 Å². The zero-order valence-electron chi connectivity index (χ0n) is 13.7. The summed E-state index contributed by atoms with van der Waals surface area (Å²) in [5.41, 5.74) is 2.43. The van der Waals surface area contributed by atoms with Crippen LogP contribution in [0.3, 0.4) is 0 Å². The van der Waals surface area contributed by atoms with Gasteiger partial charge in [0.1, 0.15) is 17.4 Å². The Morgan fingerprint density at radius 3 is 2.04 bits per heavy atom. The molecule has 23 heavy (non-hydrogen) atoms. The Morgan fingerprint density at radius 1 is 0.870 bits per heavy atom. The van der Waals surface area contributed by atoms with Gasteiger partial charge in [0.15, 0.2) is 0 Å². The van der Waals surface area contributed by atoms with Gasteiger partial charge >= 0.3 is 0 Å². The number of ether oxygens (including phenoxy) is 1. The number of allylic oxidation sites excluding steroid dienone is 1. The first-order valence-electron chi connectivity index (χ1n) is 8.24. The Morgan fingerprint density at radius 2 is 1.48 bits per heavy atom. The van der Waals surface area contributed by atoms with Crippen molar-refractivity contribution in [3.05, 3.63) is 71.8 Å². The summed E-state index contributed by atoms with van der Waals surface area (Å²) in [7, 11) is 0. The number of nitriles is 1. The molecule has 0 unspecified atom stereocenters. The van der Waals surface area contributed by atoms with Crippen LogP contribution in [0.4, 0.5) is 0 Å². The minimum absolute atomic E-state index is 0.590. The van der Waals surface area contributed by atoms with Gasteiger partial charge in [-0.1, -0.05) is 86.8 Å². The fourth-order valence-electron chi connectivity index (χ4n) is 2.44. The Kier molecular flexibility index (Phi) is 6.94. The van der Waals surface area contributed by atoms with E-state index in [9.17, 15) is 5.26 Å². The molecule has 0 saturated carbocycles. The SMILES string of the molecule is CCCCCCOC(=C(C#N)c1ccccc1)c1ccccc1. The molecule has 0 aliphatic heterocycles. The molecule has 2 aromatic rings. The van der Waals surface area contributed by atoms with Gasteiger partial charge in [0.2, 0.25) is 0 Å². The van der Waals surface area contributed by atoms with Crippen molar-refractivity contribution >= 4 is 11.3 Å². The van der Waals surface area contributed by atoms with Gasteiger partial charge in [-0.2, -0.15) is 5.26 Å². The Bertz CT molecular complexity index is 653. The largest absolute Gasteiger partial charge is 0.492 e. The second-order valence-electron chi connectivity index (χ2n) is 5.46. The maximum Gasteiger partial charge on any atom is 0.144 e. The molecule has 2 aromatic carbocycles. The van der Waals surface area contributed by atoms with Crippen LogP contribution in [0, 0.1) is 11.3 Å². The average molecular weight is 305 g/mol. The smallest absolute Gasteiger partial charge is 0.144 e. The zero-order chi connectivity index (χ0) is 16.3. The van der Waals surface area contributed by atoms with Crippen molar-refractivity contribution in [3.8, 4) is 6.07 Å². The summed E-state index contributed by atoms with van der Waals surface area (Å²) in [6.45, 7) is 2.83. The standard InChI is InChI=1S/C21H23NO/c1-2-3-4-11-16-23-21(19-14-9-6-10-15-19)20(17-22)18-12-7-5-8-13-18/h5-10,12-15H,2-4,11,16H2,1H3. The van der Waals surface area contributed by atoms with Crippen LogP contribution in [0.25, 0.3) is 11.3 Å². The highest BCUT2D eigenvalue weighted by Gasteiger charge is 2.12. The van der Waals surface area contributed by atoms with Crippen molar-refractivity contribution in [3.63, 3.8) is 0 Å². The van der Waals surface area contributed by atoms with Crippen LogP contribution < -0.4 is 0 Å². The molecule has 0 aliphatic rings. The van der Waals surface area contributed by atoms with Crippen LogP contribution in [0.5, 0.6) is 0 Å². The highest BCUT2D eigenvalue weighted by Crippen LogP contribution is 2.27. The minimum Gasteiger partial charge on any atom is -0.492 e. The van der Waals surface area contributed by atoms with Crippen LogP contribution >= 0.6 is 0 Å². The molecule has 2 heteroatoms. The van der Waals surface area contributed by atoms with E-state index in [4.69, 9.17) is 4.74 Å². The molecule has 0 radical (unpaired) electrons. The van der Waals surface area contributed by atoms with E-state index in [-0.39, 0.29) is 0 Å². The van der Waals surface area contributed by atoms with Gasteiger partial charge in [-0.25, -0.2) is 0 Å². The second kappa shape index (κ2) is 9.48. The van der Waals surface area contributed by atoms with Gasteiger partial charge in [-0.05, 0) is 12.0 Å². The first-order valence-corrected chi connectivity index (χ1v) is 8.24. The van der Waals surface area contributed by atoms with Crippen molar-refractivity contribution in [2.45, 2.75) is 32.6 Å². The van der Waals surface area contributed by atoms with Gasteiger partial charge in [-0.15, -0.1) is 0 Å². The van der Waals surface area contributed by atoms with Crippen molar-refractivity contribution in [2.75, 3.05) is 6.61 Å². The number of rotatable bonds is 8. The number of benzene rings is 2. The molecule has 0 fully saturated rings. The molecule has 0 bridgehead atoms. The molecule has 2 rings (SSSR count). The van der Waals surface area contributed by atoms with Crippen LogP contribution in [-0.4, -0.2) is 6.61 Å². The van der Waals surface area contributed by atoms with E-state index in [2.05, 4.69) is 13.0 Å². The Balaban J connectivity index is 2.29. The van der Waals surface area contributed by atoms with Crippen LogP contribution in [-0.2, 0) is 4.74 Å². The summed E-state index contributed by atoms with van der Waals surface area (Å²) in [5.74, 6) is 0.677. The molecular formula is C21H23NO. The van der Waals surface area contributed by atoms with Crippen LogP contribution in [0.15, 0.2) is 60.7 Å². The van der Waals surface area contributed by atoms with Gasteiger partial charge < -0.3 is 4.74 Å². The monoisotopic (exact) mass is 305 g/mol. The average Bonchev–Trinajstić information content (AvgIpc) is 2.62. The highest BCUT2D eigenvalue weighted by molar-refractivity contribution is 5.94. The highest BCUT2D eigenvalue weighted by atomic mass is 16.5. The predicted octanol–water partition coefficient (Wildman–Crippen LogP) is 5.68. The number of hydrogen-bond acceptors (Lipinski definition) is 2. The van der Waals surface area contributed by atoms with E-state index in [1.54, 1.807) is 0 Å². The molecule has 0 atom stereocenters. The quantitative estimate of drug-likeness (QED) is 0.272. The lowest BCUT2D eigenvalue weighted by Gasteiger charge is -2.13. The van der Waals surface area contributed by atoms with E-state index >= 15 is 0 Å². The van der Waals surface area contributed by atoms with E-state index in [0.717, 1.165) is 24.0 Å². The number of hydrogen-bond donors (Lipinski definition) is 0. The van der Waals surface area contributed by atoms with Crippen molar-refractivity contribution in [1.82, 2.24) is 0 Å². The maximum absolute atomic E-state index is 9.66. The predicted molar refractivity (Wildman–Crippen MR) is 95.4 cm³/mol. The van der Waals surface area contributed by atoms with Gasteiger partial charge in [0.05, 0.1) is 6.61 Å². The van der Waals surface area contributed by atoms with Gasteiger partial charge in [0, 0.05) is 5.56 Å². The first-order chi connectivity index (χ1) is 11.4. The molecule has 0 aromatic heterocycles. The van der Waals surface area contributed by atoms with Crippen LogP contribution in [0.2, 0.25) is 0 Å². The lowest BCUT2D eigenvalue weighted by atomic mass is 10.0. The summed E-state index contributed by atoms with van der Waals surface area (Å²) < 4.78 is 6.04. The van der Waals surface area contributed by atoms with Gasteiger partial charge in [-0.3, -0.25) is 0 Å².